The van der Waals surface area contributed by atoms with Crippen LogP contribution in [0.5, 0.6) is 0 Å². The van der Waals surface area contributed by atoms with E-state index in [1.807, 2.05) is 0 Å². The van der Waals surface area contributed by atoms with Crippen molar-refractivity contribution in [2.24, 2.45) is 17.8 Å². The Kier molecular flexibility index (Phi) is 3.50. The second kappa shape index (κ2) is 5.49. The molecule has 4 rings (SSSR count). The Hall–Kier alpha value is -1.28. The van der Waals surface area contributed by atoms with E-state index in [1.54, 1.807) is 0 Å². The third-order valence-electron chi connectivity index (χ3n) is 5.70. The SMILES string of the molecule is CCc1oc2ccccc2c1CNCC1CC2CCC1C2. The molecule has 0 aliphatic heterocycles. The number of aryl methyl sites for hydroxylation is 1. The van der Waals surface area contributed by atoms with Gasteiger partial charge in [0.05, 0.1) is 0 Å². The summed E-state index contributed by atoms with van der Waals surface area (Å²) in [6.45, 7) is 4.31. The van der Waals surface area contributed by atoms with Gasteiger partial charge in [0, 0.05) is 23.9 Å². The molecule has 1 N–H and O–H groups in total. The predicted molar refractivity (Wildman–Crippen MR) is 86.2 cm³/mol. The van der Waals surface area contributed by atoms with Crippen molar-refractivity contribution in [3.63, 3.8) is 0 Å². The molecule has 112 valence electrons. The zero-order chi connectivity index (χ0) is 14.2. The van der Waals surface area contributed by atoms with Crippen molar-refractivity contribution in [3.8, 4) is 0 Å². The summed E-state index contributed by atoms with van der Waals surface area (Å²) in [5, 5.41) is 5.01. The summed E-state index contributed by atoms with van der Waals surface area (Å²) in [6.07, 6.45) is 6.91. The van der Waals surface area contributed by atoms with E-state index < -0.39 is 0 Å². The van der Waals surface area contributed by atoms with Crippen molar-refractivity contribution in [3.05, 3.63) is 35.6 Å². The van der Waals surface area contributed by atoms with Crippen LogP contribution in [0.3, 0.4) is 0 Å². The van der Waals surface area contributed by atoms with Gasteiger partial charge in [-0.25, -0.2) is 0 Å². The van der Waals surface area contributed by atoms with E-state index in [4.69, 9.17) is 4.42 Å². The molecule has 1 aromatic carbocycles. The van der Waals surface area contributed by atoms with Crippen LogP contribution in [0, 0.1) is 17.8 Å². The molecule has 3 atom stereocenters. The number of benzene rings is 1. The summed E-state index contributed by atoms with van der Waals surface area (Å²) in [5.74, 6) is 4.13. The molecule has 0 radical (unpaired) electrons. The Labute approximate surface area is 126 Å². The van der Waals surface area contributed by atoms with E-state index in [0.29, 0.717) is 0 Å². The molecular formula is C19H25NO. The quantitative estimate of drug-likeness (QED) is 0.872. The minimum atomic E-state index is 0.923. The van der Waals surface area contributed by atoms with E-state index in [0.717, 1.165) is 42.1 Å². The second-order valence-electron chi connectivity index (χ2n) is 6.92. The van der Waals surface area contributed by atoms with E-state index in [2.05, 4.69) is 36.5 Å². The molecule has 2 heteroatoms. The first kappa shape index (κ1) is 13.4. The Morgan fingerprint density at radius 1 is 1.19 bits per heavy atom. The first-order chi connectivity index (χ1) is 10.3. The lowest BCUT2D eigenvalue weighted by Gasteiger charge is -2.21. The molecule has 2 nitrogen and oxygen atoms in total. The Balaban J connectivity index is 1.44. The molecule has 21 heavy (non-hydrogen) atoms. The predicted octanol–water partition coefficient (Wildman–Crippen LogP) is 4.52. The highest BCUT2D eigenvalue weighted by molar-refractivity contribution is 5.82. The van der Waals surface area contributed by atoms with Gasteiger partial charge in [0.2, 0.25) is 0 Å². The molecule has 2 aliphatic carbocycles. The summed E-state index contributed by atoms with van der Waals surface area (Å²) in [4.78, 5) is 0. The van der Waals surface area contributed by atoms with Crippen LogP contribution in [0.15, 0.2) is 28.7 Å². The highest BCUT2D eigenvalue weighted by Gasteiger charge is 2.38. The van der Waals surface area contributed by atoms with Gasteiger partial charge in [-0.1, -0.05) is 31.5 Å². The van der Waals surface area contributed by atoms with Gasteiger partial charge in [-0.15, -0.1) is 0 Å². The maximum Gasteiger partial charge on any atom is 0.134 e. The second-order valence-corrected chi connectivity index (χ2v) is 6.92. The topological polar surface area (TPSA) is 25.2 Å². The van der Waals surface area contributed by atoms with E-state index in [9.17, 15) is 0 Å². The molecule has 2 bridgehead atoms. The minimum absolute atomic E-state index is 0.923. The van der Waals surface area contributed by atoms with Gasteiger partial charge in [-0.2, -0.15) is 0 Å². The normalized spacial score (nSPS) is 27.8. The lowest BCUT2D eigenvalue weighted by atomic mass is 9.89. The summed E-state index contributed by atoms with van der Waals surface area (Å²) >= 11 is 0. The Morgan fingerprint density at radius 2 is 2.10 bits per heavy atom. The lowest BCUT2D eigenvalue weighted by molar-refractivity contribution is 0.318. The molecular weight excluding hydrogens is 258 g/mol. The average molecular weight is 283 g/mol. The third-order valence-corrected chi connectivity index (χ3v) is 5.70. The molecule has 3 unspecified atom stereocenters. The van der Waals surface area contributed by atoms with Crippen molar-refractivity contribution in [2.75, 3.05) is 6.54 Å². The van der Waals surface area contributed by atoms with E-state index >= 15 is 0 Å². The highest BCUT2D eigenvalue weighted by atomic mass is 16.3. The fourth-order valence-electron chi connectivity index (χ4n) is 4.64. The van der Waals surface area contributed by atoms with Crippen LogP contribution in [-0.4, -0.2) is 6.54 Å². The Morgan fingerprint density at radius 3 is 2.86 bits per heavy atom. The lowest BCUT2D eigenvalue weighted by Crippen LogP contribution is -2.26. The standard InChI is InChI=1S/C19H25NO/c1-2-18-17(16-5-3-4-6-19(16)21-18)12-20-11-15-10-13-7-8-14(15)9-13/h3-6,13-15,20H,2,7-12H2,1H3. The average Bonchev–Trinajstić information content (AvgIpc) is 3.21. The maximum absolute atomic E-state index is 5.98. The highest BCUT2D eigenvalue weighted by Crippen LogP contribution is 2.47. The zero-order valence-corrected chi connectivity index (χ0v) is 12.9. The van der Waals surface area contributed by atoms with Gasteiger partial charge in [0.1, 0.15) is 11.3 Å². The van der Waals surface area contributed by atoms with E-state index in [-0.39, 0.29) is 0 Å². The van der Waals surface area contributed by atoms with Crippen LogP contribution in [0.1, 0.15) is 43.9 Å². The number of rotatable bonds is 5. The Bertz CT molecular complexity index is 630. The number of furan rings is 1. The molecule has 0 amide bonds. The summed E-state index contributed by atoms with van der Waals surface area (Å²) in [6, 6.07) is 8.43. The number of fused-ring (bicyclic) bond motifs is 3. The molecule has 2 aromatic rings. The van der Waals surface area contributed by atoms with Gasteiger partial charge in [0.25, 0.3) is 0 Å². The molecule has 2 aliphatic rings. The van der Waals surface area contributed by atoms with Crippen LogP contribution >= 0.6 is 0 Å². The van der Waals surface area contributed by atoms with Crippen molar-refractivity contribution >= 4 is 11.0 Å². The number of para-hydroxylation sites is 1. The van der Waals surface area contributed by atoms with Crippen LogP contribution in [0.4, 0.5) is 0 Å². The first-order valence-electron chi connectivity index (χ1n) is 8.55. The summed E-state index contributed by atoms with van der Waals surface area (Å²) in [5.41, 5.74) is 2.40. The van der Waals surface area contributed by atoms with Gasteiger partial charge in [-0.3, -0.25) is 0 Å². The summed E-state index contributed by atoms with van der Waals surface area (Å²) in [7, 11) is 0. The largest absolute Gasteiger partial charge is 0.461 e. The van der Waals surface area contributed by atoms with E-state index in [1.165, 1.54) is 43.2 Å². The molecule has 0 saturated heterocycles. The molecule has 1 heterocycles. The van der Waals surface area contributed by atoms with Gasteiger partial charge < -0.3 is 9.73 Å². The van der Waals surface area contributed by atoms with Crippen molar-refractivity contribution < 1.29 is 4.42 Å². The molecule has 1 aromatic heterocycles. The van der Waals surface area contributed by atoms with Crippen LogP contribution in [-0.2, 0) is 13.0 Å². The molecule has 2 saturated carbocycles. The van der Waals surface area contributed by atoms with Crippen LogP contribution < -0.4 is 5.32 Å². The minimum Gasteiger partial charge on any atom is -0.461 e. The van der Waals surface area contributed by atoms with Crippen LogP contribution in [0.25, 0.3) is 11.0 Å². The van der Waals surface area contributed by atoms with Gasteiger partial charge >= 0.3 is 0 Å². The number of nitrogens with one attached hydrogen (secondary N) is 1. The van der Waals surface area contributed by atoms with Crippen molar-refractivity contribution in [1.29, 1.82) is 0 Å². The third kappa shape index (κ3) is 2.40. The fraction of sp³-hybridized carbons (Fsp3) is 0.579. The van der Waals surface area contributed by atoms with Crippen LogP contribution in [0.2, 0.25) is 0 Å². The van der Waals surface area contributed by atoms with Gasteiger partial charge in [-0.05, 0) is 49.6 Å². The van der Waals surface area contributed by atoms with Crippen molar-refractivity contribution in [1.82, 2.24) is 5.32 Å². The van der Waals surface area contributed by atoms with Gasteiger partial charge in [0.15, 0.2) is 0 Å². The number of hydrogen-bond acceptors (Lipinski definition) is 2. The molecule has 2 fully saturated rings. The molecule has 0 spiro atoms. The fourth-order valence-corrected chi connectivity index (χ4v) is 4.64. The zero-order valence-electron chi connectivity index (χ0n) is 12.9. The number of hydrogen-bond donors (Lipinski definition) is 1. The first-order valence-corrected chi connectivity index (χ1v) is 8.55. The van der Waals surface area contributed by atoms with Crippen molar-refractivity contribution in [2.45, 2.75) is 45.6 Å². The maximum atomic E-state index is 5.98. The smallest absolute Gasteiger partial charge is 0.134 e. The monoisotopic (exact) mass is 283 g/mol. The summed E-state index contributed by atoms with van der Waals surface area (Å²) < 4.78 is 5.98.